The predicted molar refractivity (Wildman–Crippen MR) is 73.7 cm³/mol. The number of alkyl halides is 11. The zero-order valence-corrected chi connectivity index (χ0v) is 14.1. The first-order chi connectivity index (χ1) is 12.3. The van der Waals surface area contributed by atoms with Gasteiger partial charge in [0, 0.05) is 15.7 Å². The predicted octanol–water partition coefficient (Wildman–Crippen LogP) is 5.83. The maximum Gasteiger partial charge on any atom is 0.384 e. The summed E-state index contributed by atoms with van der Waals surface area (Å²) >= 11 is 10.9. The van der Waals surface area contributed by atoms with Gasteiger partial charge in [0.1, 0.15) is 0 Å². The van der Waals surface area contributed by atoms with Crippen molar-refractivity contribution in [1.29, 1.82) is 0 Å². The number of amides is 1. The molecule has 0 heterocycles. The summed E-state index contributed by atoms with van der Waals surface area (Å²) in [6.07, 6.45) is 0. The number of nitrogens with one attached hydrogen (secondary N) is 1. The van der Waals surface area contributed by atoms with Gasteiger partial charge in [-0.2, -0.15) is 43.9 Å². The third-order valence-electron chi connectivity index (χ3n) is 3.88. The Balaban J connectivity index is 2.69. The van der Waals surface area contributed by atoms with Crippen LogP contribution in [0.1, 0.15) is 0 Å². The summed E-state index contributed by atoms with van der Waals surface area (Å²) < 4.78 is 149. The quantitative estimate of drug-likeness (QED) is 0.542. The fraction of sp³-hybridized carbons (Fsp3) is 0.462. The van der Waals surface area contributed by atoms with Gasteiger partial charge in [0.05, 0.1) is 0 Å². The summed E-state index contributed by atoms with van der Waals surface area (Å²) in [5.41, 5.74) is -7.74. The minimum atomic E-state index is -7.40. The van der Waals surface area contributed by atoms with Gasteiger partial charge in [-0.05, 0) is 18.2 Å². The molecule has 0 radical (unpaired) electrons. The minimum absolute atomic E-state index is 0.403. The fourth-order valence-corrected chi connectivity index (χ4v) is 2.88. The summed E-state index contributed by atoms with van der Waals surface area (Å²) in [5, 5.41) is 0.0881. The Kier molecular flexibility index (Phi) is 4.88. The van der Waals surface area contributed by atoms with Crippen LogP contribution in [0.4, 0.5) is 54.0 Å². The van der Waals surface area contributed by atoms with Crippen LogP contribution in [0.5, 0.6) is 0 Å². The van der Waals surface area contributed by atoms with E-state index in [2.05, 4.69) is 0 Å². The van der Waals surface area contributed by atoms with Gasteiger partial charge in [0.2, 0.25) is 0 Å². The van der Waals surface area contributed by atoms with E-state index >= 15 is 0 Å². The Morgan fingerprint density at radius 1 is 0.643 bits per heavy atom. The summed E-state index contributed by atoms with van der Waals surface area (Å²) in [7, 11) is 0. The minimum Gasteiger partial charge on any atom is -0.323 e. The van der Waals surface area contributed by atoms with E-state index < -0.39 is 56.9 Å². The van der Waals surface area contributed by atoms with E-state index in [0.29, 0.717) is 12.1 Å². The van der Waals surface area contributed by atoms with Gasteiger partial charge in [-0.3, -0.25) is 4.79 Å². The molecular weight excluding hydrogens is 466 g/mol. The lowest BCUT2D eigenvalue weighted by molar-refractivity contribution is -0.475. The Labute approximate surface area is 157 Å². The molecule has 0 saturated heterocycles. The molecule has 0 bridgehead atoms. The third-order valence-corrected chi connectivity index (χ3v) is 4.31. The van der Waals surface area contributed by atoms with Crippen LogP contribution in [0.3, 0.4) is 0 Å². The van der Waals surface area contributed by atoms with Gasteiger partial charge < -0.3 is 5.32 Å². The largest absolute Gasteiger partial charge is 0.384 e. The highest BCUT2D eigenvalue weighted by molar-refractivity contribution is 6.35. The van der Waals surface area contributed by atoms with Crippen molar-refractivity contribution in [3.63, 3.8) is 0 Å². The standard InChI is InChI=1S/C13H4Cl2F11NO/c14-4-1-5(15)3-6(2-4)27-7(28)8(16)9(17,18)11(21,22)13(25,26)12(23,24)10(8,19)20/h1-3H,(H,27,28). The molecule has 0 atom stereocenters. The molecule has 15 heteroatoms. The van der Waals surface area contributed by atoms with Crippen LogP contribution >= 0.6 is 23.2 Å². The van der Waals surface area contributed by atoms with E-state index in [4.69, 9.17) is 23.2 Å². The van der Waals surface area contributed by atoms with Crippen LogP contribution in [-0.4, -0.2) is 41.2 Å². The summed E-state index contributed by atoms with van der Waals surface area (Å²) in [5.74, 6) is -40.1. The van der Waals surface area contributed by atoms with Crippen molar-refractivity contribution < 1.29 is 53.1 Å². The average Bonchev–Trinajstić information content (AvgIpc) is 2.50. The van der Waals surface area contributed by atoms with Crippen LogP contribution in [0.25, 0.3) is 0 Å². The van der Waals surface area contributed by atoms with Crippen LogP contribution in [0.2, 0.25) is 10.0 Å². The lowest BCUT2D eigenvalue weighted by Gasteiger charge is -2.51. The van der Waals surface area contributed by atoms with Crippen molar-refractivity contribution in [3.05, 3.63) is 28.2 Å². The molecule has 0 unspecified atom stereocenters. The molecule has 1 N–H and O–H groups in total. The van der Waals surface area contributed by atoms with Gasteiger partial charge in [-0.25, -0.2) is 4.39 Å². The summed E-state index contributed by atoms with van der Waals surface area (Å²) in [4.78, 5) is 11.7. The Hall–Kier alpha value is -1.50. The molecule has 1 aliphatic carbocycles. The van der Waals surface area contributed by atoms with Gasteiger partial charge in [-0.15, -0.1) is 0 Å². The van der Waals surface area contributed by atoms with Crippen LogP contribution in [0.15, 0.2) is 18.2 Å². The van der Waals surface area contributed by atoms with E-state index in [1.165, 1.54) is 0 Å². The van der Waals surface area contributed by atoms with E-state index in [9.17, 15) is 53.1 Å². The molecule has 0 aliphatic heterocycles. The van der Waals surface area contributed by atoms with Gasteiger partial charge in [-0.1, -0.05) is 23.2 Å². The van der Waals surface area contributed by atoms with Crippen molar-refractivity contribution in [2.24, 2.45) is 0 Å². The highest BCUT2D eigenvalue weighted by Gasteiger charge is 3.02. The van der Waals surface area contributed by atoms with Crippen molar-refractivity contribution in [2.75, 3.05) is 5.32 Å². The zero-order valence-electron chi connectivity index (χ0n) is 12.6. The van der Waals surface area contributed by atoms with Crippen molar-refractivity contribution >= 4 is 34.8 Å². The first kappa shape index (κ1) is 22.8. The van der Waals surface area contributed by atoms with Gasteiger partial charge >= 0.3 is 35.3 Å². The molecule has 1 aromatic rings. The number of carbonyl (C=O) groups excluding carboxylic acids is 1. The molecule has 2 nitrogen and oxygen atoms in total. The Morgan fingerprint density at radius 2 is 0.964 bits per heavy atom. The molecular formula is C13H4Cl2F11NO. The number of hydrogen-bond acceptors (Lipinski definition) is 1. The van der Waals surface area contributed by atoms with Crippen molar-refractivity contribution in [2.45, 2.75) is 35.3 Å². The number of hydrogen-bond donors (Lipinski definition) is 1. The molecule has 158 valence electrons. The van der Waals surface area contributed by atoms with Gasteiger partial charge in [0.15, 0.2) is 0 Å². The molecule has 1 amide bonds. The molecule has 0 aromatic heterocycles. The van der Waals surface area contributed by atoms with Gasteiger partial charge in [0.25, 0.3) is 5.91 Å². The highest BCUT2D eigenvalue weighted by Crippen LogP contribution is 2.69. The number of benzene rings is 1. The van der Waals surface area contributed by atoms with E-state index in [0.717, 1.165) is 11.4 Å². The SMILES string of the molecule is O=C(Nc1cc(Cl)cc(Cl)c1)C1(F)C(F)(F)C(F)(F)C(F)(F)C(F)(F)C1(F)F. The van der Waals surface area contributed by atoms with Crippen LogP contribution in [-0.2, 0) is 4.79 Å². The number of carbonyl (C=O) groups is 1. The second-order valence-electron chi connectivity index (χ2n) is 5.64. The maximum absolute atomic E-state index is 14.5. The van der Waals surface area contributed by atoms with E-state index in [1.807, 2.05) is 0 Å². The molecule has 2 rings (SSSR count). The molecule has 1 aromatic carbocycles. The number of halogens is 13. The second kappa shape index (κ2) is 6.00. The summed E-state index contributed by atoms with van der Waals surface area (Å²) in [6, 6.07) is 2.08. The van der Waals surface area contributed by atoms with E-state index in [1.54, 1.807) is 0 Å². The van der Waals surface area contributed by atoms with E-state index in [-0.39, 0.29) is 0 Å². The summed E-state index contributed by atoms with van der Waals surface area (Å²) in [6.45, 7) is 0. The third kappa shape index (κ3) is 2.44. The maximum atomic E-state index is 14.5. The molecule has 28 heavy (non-hydrogen) atoms. The first-order valence-corrected chi connectivity index (χ1v) is 7.40. The topological polar surface area (TPSA) is 29.1 Å². The number of anilines is 1. The van der Waals surface area contributed by atoms with Crippen LogP contribution < -0.4 is 5.32 Å². The number of rotatable bonds is 2. The molecule has 1 aliphatic rings. The smallest absolute Gasteiger partial charge is 0.323 e. The fourth-order valence-electron chi connectivity index (χ4n) is 2.35. The monoisotopic (exact) mass is 469 g/mol. The normalized spacial score (nSPS) is 25.8. The van der Waals surface area contributed by atoms with Crippen molar-refractivity contribution in [1.82, 2.24) is 0 Å². The molecule has 1 saturated carbocycles. The van der Waals surface area contributed by atoms with Crippen molar-refractivity contribution in [3.8, 4) is 0 Å². The Bertz CT molecular complexity index is 776. The second-order valence-corrected chi connectivity index (χ2v) is 6.52. The van der Waals surface area contributed by atoms with Crippen LogP contribution in [0, 0.1) is 0 Å². The highest BCUT2D eigenvalue weighted by atomic mass is 35.5. The Morgan fingerprint density at radius 3 is 1.32 bits per heavy atom. The lowest BCUT2D eigenvalue weighted by atomic mass is 9.71. The zero-order chi connectivity index (χ0) is 22.1. The first-order valence-electron chi connectivity index (χ1n) is 6.64. The average molecular weight is 470 g/mol. The lowest BCUT2D eigenvalue weighted by Crippen LogP contribution is -2.86. The molecule has 0 spiro atoms. The molecule has 1 fully saturated rings.